The minimum absolute atomic E-state index is 0.212. The summed E-state index contributed by atoms with van der Waals surface area (Å²) < 4.78 is 6.85. The normalized spacial score (nSPS) is 11.2. The molecule has 9 nitrogen and oxygen atoms in total. The minimum Gasteiger partial charge on any atom is -0.484 e. The molecule has 0 aliphatic heterocycles. The van der Waals surface area contributed by atoms with Crippen molar-refractivity contribution in [2.24, 2.45) is 0 Å². The number of pyridine rings is 2. The molecule has 0 radical (unpaired) electrons. The van der Waals surface area contributed by atoms with E-state index in [1.807, 2.05) is 78.9 Å². The maximum atomic E-state index is 13.8. The van der Waals surface area contributed by atoms with Crippen molar-refractivity contribution in [2.75, 3.05) is 12.0 Å². The smallest absolute Gasteiger partial charge is 0.280 e. The zero-order chi connectivity index (χ0) is 32.9. The highest BCUT2D eigenvalue weighted by Crippen LogP contribution is 2.27. The highest BCUT2D eigenvalue weighted by molar-refractivity contribution is 6.13. The number of hydrogen-bond donors (Lipinski definition) is 1. The van der Waals surface area contributed by atoms with E-state index >= 15 is 0 Å². The molecule has 0 unspecified atom stereocenters. The maximum absolute atomic E-state index is 13.8. The predicted molar refractivity (Wildman–Crippen MR) is 186 cm³/mol. The second kappa shape index (κ2) is 13.3. The Labute approximate surface area is 274 Å². The highest BCUT2D eigenvalue weighted by atomic mass is 16.5. The number of para-hydroxylation sites is 1. The number of ketones is 1. The fourth-order valence-electron chi connectivity index (χ4n) is 5.26. The first-order valence-corrected chi connectivity index (χ1v) is 15.2. The van der Waals surface area contributed by atoms with E-state index in [4.69, 9.17) is 9.72 Å². The van der Waals surface area contributed by atoms with Crippen LogP contribution in [0.2, 0.25) is 0 Å². The van der Waals surface area contributed by atoms with Gasteiger partial charge in [0.15, 0.2) is 23.9 Å². The molecule has 0 atom stereocenters. The average molecular weight is 630 g/mol. The minimum atomic E-state index is -0.563. The summed E-state index contributed by atoms with van der Waals surface area (Å²) in [7, 11) is 0. The number of carbonyl (C=O) groups is 2. The Morgan fingerprint density at radius 2 is 1.50 bits per heavy atom. The Morgan fingerprint density at radius 1 is 0.771 bits per heavy atom. The molecule has 48 heavy (non-hydrogen) atoms. The van der Waals surface area contributed by atoms with Gasteiger partial charge in [-0.25, -0.2) is 15.0 Å². The molecule has 1 amide bonds. The number of amides is 1. The van der Waals surface area contributed by atoms with Gasteiger partial charge in [0.2, 0.25) is 0 Å². The quantitative estimate of drug-likeness (QED) is 0.180. The van der Waals surface area contributed by atoms with Gasteiger partial charge in [0.1, 0.15) is 5.75 Å². The van der Waals surface area contributed by atoms with Crippen LogP contribution in [0.5, 0.6) is 5.75 Å². The molecule has 0 saturated heterocycles. The van der Waals surface area contributed by atoms with Crippen LogP contribution in [-0.2, 0) is 4.79 Å². The molecule has 4 aromatic carbocycles. The maximum Gasteiger partial charge on any atom is 0.280 e. The predicted octanol–water partition coefficient (Wildman–Crippen LogP) is 6.56. The molecule has 9 heteroatoms. The zero-order valence-corrected chi connectivity index (χ0v) is 25.5. The van der Waals surface area contributed by atoms with Gasteiger partial charge in [0.25, 0.3) is 11.5 Å². The number of fused-ring (bicyclic) bond motifs is 2. The molecule has 1 N–H and O–H groups in total. The van der Waals surface area contributed by atoms with Gasteiger partial charge in [-0.3, -0.25) is 19.8 Å². The molecule has 7 aromatic rings. The average Bonchev–Trinajstić information content (AvgIpc) is 3.14. The second-order valence-electron chi connectivity index (χ2n) is 10.8. The Balaban J connectivity index is 1.09. The number of nitrogens with zero attached hydrogens (tertiary/aromatic N) is 4. The Bertz CT molecular complexity index is 2370. The number of hydrogen-bond acceptors (Lipinski definition) is 7. The van der Waals surface area contributed by atoms with E-state index in [0.29, 0.717) is 39.1 Å². The fourth-order valence-corrected chi connectivity index (χ4v) is 5.26. The summed E-state index contributed by atoms with van der Waals surface area (Å²) in [6.45, 7) is -0.381. The Kier molecular flexibility index (Phi) is 8.31. The summed E-state index contributed by atoms with van der Waals surface area (Å²) in [5.74, 6) is -0.144. The third-order valence-electron chi connectivity index (χ3n) is 7.63. The van der Waals surface area contributed by atoms with Crippen LogP contribution < -0.4 is 15.7 Å². The van der Waals surface area contributed by atoms with E-state index in [1.165, 1.54) is 0 Å². The summed E-state index contributed by atoms with van der Waals surface area (Å²) in [5.41, 5.74) is 6.40. The Morgan fingerprint density at radius 3 is 2.29 bits per heavy atom. The summed E-state index contributed by atoms with van der Waals surface area (Å²) in [5, 5.41) is 1.12. The van der Waals surface area contributed by atoms with Crippen LogP contribution in [0, 0.1) is 0 Å². The van der Waals surface area contributed by atoms with Crippen molar-refractivity contribution in [3.05, 3.63) is 166 Å². The molecule has 3 aromatic heterocycles. The van der Waals surface area contributed by atoms with Crippen LogP contribution in [0.25, 0.3) is 45.3 Å². The first-order valence-electron chi connectivity index (χ1n) is 15.2. The van der Waals surface area contributed by atoms with Crippen LogP contribution in [0.1, 0.15) is 27.3 Å². The van der Waals surface area contributed by atoms with Crippen LogP contribution in [0.4, 0.5) is 0 Å². The fraction of sp³-hybridized carbons (Fsp3) is 0.0256. The third-order valence-corrected chi connectivity index (χ3v) is 7.63. The van der Waals surface area contributed by atoms with Crippen molar-refractivity contribution in [2.45, 2.75) is 0 Å². The molecular weight excluding hydrogens is 602 g/mol. The van der Waals surface area contributed by atoms with Crippen LogP contribution in [0.15, 0.2) is 138 Å². The molecule has 3 heterocycles. The topological polar surface area (TPSA) is 116 Å². The van der Waals surface area contributed by atoms with Crippen LogP contribution in [-0.4, -0.2) is 37.9 Å². The van der Waals surface area contributed by atoms with E-state index in [-0.39, 0.29) is 18.2 Å². The Hall–Kier alpha value is -6.74. The van der Waals surface area contributed by atoms with Gasteiger partial charge in [-0.05, 0) is 66.2 Å². The van der Waals surface area contributed by atoms with E-state index in [9.17, 15) is 14.4 Å². The summed E-state index contributed by atoms with van der Waals surface area (Å²) >= 11 is 0. The number of rotatable bonds is 9. The molecule has 0 aliphatic rings. The first-order chi connectivity index (χ1) is 23.5. The van der Waals surface area contributed by atoms with Gasteiger partial charge in [0, 0.05) is 28.3 Å². The van der Waals surface area contributed by atoms with Crippen molar-refractivity contribution in [1.82, 2.24) is 19.6 Å². The molecule has 7 rings (SSSR count). The number of benzene rings is 4. The first kappa shape index (κ1) is 29.9. The SMILES string of the molecule is O=C(COc1ccc(C(=O)c2cc3cccnc3nc2-c2ccccc2)cc1)Nn1c(C=Cc2ccccc2)nc2ccccc2c1=O. The molecule has 0 aliphatic carbocycles. The third kappa shape index (κ3) is 6.33. The largest absolute Gasteiger partial charge is 0.484 e. The van der Waals surface area contributed by atoms with Crippen LogP contribution >= 0.6 is 0 Å². The van der Waals surface area contributed by atoms with E-state index < -0.39 is 11.5 Å². The number of carbonyl (C=O) groups excluding carboxylic acids is 2. The van der Waals surface area contributed by atoms with Crippen molar-refractivity contribution in [1.29, 1.82) is 0 Å². The van der Waals surface area contributed by atoms with Gasteiger partial charge in [-0.1, -0.05) is 78.9 Å². The number of nitrogens with one attached hydrogen (secondary N) is 1. The summed E-state index contributed by atoms with van der Waals surface area (Å²) in [6.07, 6.45) is 5.15. The van der Waals surface area contributed by atoms with E-state index in [2.05, 4.69) is 15.4 Å². The lowest BCUT2D eigenvalue weighted by Crippen LogP contribution is -2.37. The van der Waals surface area contributed by atoms with Gasteiger partial charge in [-0.15, -0.1) is 0 Å². The van der Waals surface area contributed by atoms with Crippen molar-refractivity contribution in [3.8, 4) is 17.0 Å². The molecule has 0 saturated carbocycles. The summed E-state index contributed by atoms with van der Waals surface area (Å²) in [4.78, 5) is 53.8. The van der Waals surface area contributed by atoms with Crippen LogP contribution in [0.3, 0.4) is 0 Å². The van der Waals surface area contributed by atoms with Gasteiger partial charge >= 0.3 is 0 Å². The van der Waals surface area contributed by atoms with Gasteiger partial charge in [0.05, 0.1) is 16.6 Å². The van der Waals surface area contributed by atoms with E-state index in [1.54, 1.807) is 66.9 Å². The standard InChI is InChI=1S/C39H27N5O4/c45-35(43-44-34(22-17-26-10-3-1-4-11-26)41-33-16-8-7-15-31(33)39(44)47)25-48-30-20-18-28(19-21-30)37(46)32-24-29-14-9-23-40-38(29)42-36(32)27-12-5-2-6-13-27/h1-24H,25H2,(H,43,45). The van der Waals surface area contributed by atoms with Crippen molar-refractivity contribution >= 4 is 45.8 Å². The lowest BCUT2D eigenvalue weighted by atomic mass is 9.97. The van der Waals surface area contributed by atoms with E-state index in [0.717, 1.165) is 21.2 Å². The van der Waals surface area contributed by atoms with Crippen molar-refractivity contribution < 1.29 is 14.3 Å². The lowest BCUT2D eigenvalue weighted by Gasteiger charge is -2.13. The monoisotopic (exact) mass is 629 g/mol. The lowest BCUT2D eigenvalue weighted by molar-refractivity contribution is -0.119. The molecular formula is C39H27N5O4. The molecule has 0 fully saturated rings. The van der Waals surface area contributed by atoms with Gasteiger partial charge in [-0.2, -0.15) is 4.68 Å². The van der Waals surface area contributed by atoms with Crippen molar-refractivity contribution in [3.63, 3.8) is 0 Å². The highest BCUT2D eigenvalue weighted by Gasteiger charge is 2.19. The number of aromatic nitrogens is 4. The number of ether oxygens (including phenoxy) is 1. The molecule has 0 bridgehead atoms. The van der Waals surface area contributed by atoms with Gasteiger partial charge < -0.3 is 4.74 Å². The zero-order valence-electron chi connectivity index (χ0n) is 25.5. The molecule has 232 valence electrons. The second-order valence-corrected chi connectivity index (χ2v) is 10.8. The summed E-state index contributed by atoms with van der Waals surface area (Å²) in [6, 6.07) is 38.0. The molecule has 0 spiro atoms.